The van der Waals surface area contributed by atoms with Crippen LogP contribution in [0.4, 0.5) is 0 Å². The minimum atomic E-state index is 0.798. The van der Waals surface area contributed by atoms with Gasteiger partial charge in [-0.3, -0.25) is 15.1 Å². The summed E-state index contributed by atoms with van der Waals surface area (Å²) in [5.74, 6) is 0. The van der Waals surface area contributed by atoms with Gasteiger partial charge < -0.3 is 5.32 Å². The predicted octanol–water partition coefficient (Wildman–Crippen LogP) is 6.66. The van der Waals surface area contributed by atoms with Crippen LogP contribution < -0.4 is 5.32 Å². The molecule has 0 amide bonds. The van der Waals surface area contributed by atoms with E-state index in [-0.39, 0.29) is 0 Å². The molecule has 3 heterocycles. The number of aromatic amines is 1. The minimum Gasteiger partial charge on any atom is -0.313 e. The van der Waals surface area contributed by atoms with Crippen LogP contribution in [0, 0.1) is 6.92 Å². The lowest BCUT2D eigenvalue weighted by molar-refractivity contribution is 0.722. The molecule has 1 saturated heterocycles. The number of hydrogen-bond donors (Lipinski definition) is 2. The molecule has 0 spiro atoms. The molecular formula is C32H35N5. The number of H-pyrrole nitrogens is 1. The van der Waals surface area contributed by atoms with Gasteiger partial charge in [0, 0.05) is 36.6 Å². The molecule has 0 unspecified atom stereocenters. The van der Waals surface area contributed by atoms with Crippen molar-refractivity contribution in [1.82, 2.24) is 20.5 Å². The summed E-state index contributed by atoms with van der Waals surface area (Å²) in [5, 5.41) is 10.9. The second kappa shape index (κ2) is 12.2. The highest BCUT2D eigenvalue weighted by Crippen LogP contribution is 2.30. The number of aliphatic imine (C=N–C) groups is 1. The van der Waals surface area contributed by atoms with Gasteiger partial charge in [-0.25, -0.2) is 0 Å². The van der Waals surface area contributed by atoms with E-state index in [0.29, 0.717) is 0 Å². The lowest BCUT2D eigenvalue weighted by Crippen LogP contribution is -2.17. The monoisotopic (exact) mass is 489 g/mol. The summed E-state index contributed by atoms with van der Waals surface area (Å²) in [5.41, 5.74) is 11.4. The van der Waals surface area contributed by atoms with Crippen LogP contribution in [0.25, 0.3) is 17.0 Å². The van der Waals surface area contributed by atoms with Crippen molar-refractivity contribution >= 4 is 11.8 Å². The van der Waals surface area contributed by atoms with E-state index in [4.69, 9.17) is 0 Å². The van der Waals surface area contributed by atoms with Crippen molar-refractivity contribution in [2.45, 2.75) is 26.7 Å². The van der Waals surface area contributed by atoms with Crippen LogP contribution in [0.1, 0.15) is 31.0 Å². The first-order chi connectivity index (χ1) is 18.0. The van der Waals surface area contributed by atoms with Crippen LogP contribution in [0.3, 0.4) is 0 Å². The molecule has 2 N–H and O–H groups in total. The molecule has 0 radical (unpaired) electrons. The molecule has 5 heteroatoms. The minimum absolute atomic E-state index is 0.798. The highest BCUT2D eigenvalue weighted by atomic mass is 15.1. The first-order valence-corrected chi connectivity index (χ1v) is 12.7. The molecule has 1 aliphatic carbocycles. The number of hydrogen-bond acceptors (Lipinski definition) is 4. The zero-order valence-electron chi connectivity index (χ0n) is 22.0. The van der Waals surface area contributed by atoms with Gasteiger partial charge in [-0.2, -0.15) is 5.10 Å². The summed E-state index contributed by atoms with van der Waals surface area (Å²) in [6.07, 6.45) is 20.6. The number of nitrogens with zero attached hydrogens (tertiary/aromatic N) is 3. The van der Waals surface area contributed by atoms with Crippen LogP contribution in [0.5, 0.6) is 0 Å². The van der Waals surface area contributed by atoms with Crippen molar-refractivity contribution in [1.29, 1.82) is 0 Å². The van der Waals surface area contributed by atoms with Crippen LogP contribution in [0.2, 0.25) is 0 Å². The maximum atomic E-state index is 4.66. The van der Waals surface area contributed by atoms with Gasteiger partial charge in [0.25, 0.3) is 0 Å². The van der Waals surface area contributed by atoms with Gasteiger partial charge in [-0.15, -0.1) is 0 Å². The maximum Gasteiger partial charge on any atom is 0.0912 e. The molecule has 1 aliphatic heterocycles. The van der Waals surface area contributed by atoms with Crippen LogP contribution in [-0.2, 0) is 0 Å². The van der Waals surface area contributed by atoms with Crippen molar-refractivity contribution in [3.8, 4) is 11.4 Å². The molecule has 0 aromatic carbocycles. The van der Waals surface area contributed by atoms with Crippen molar-refractivity contribution in [3.05, 3.63) is 125 Å². The van der Waals surface area contributed by atoms with Crippen molar-refractivity contribution in [2.24, 2.45) is 4.99 Å². The highest BCUT2D eigenvalue weighted by molar-refractivity contribution is 5.89. The fourth-order valence-electron chi connectivity index (χ4n) is 4.55. The van der Waals surface area contributed by atoms with Crippen molar-refractivity contribution in [3.63, 3.8) is 0 Å². The molecule has 37 heavy (non-hydrogen) atoms. The SMILES string of the molecule is C=C1\C=C/C(c2cn[nH]c2-c2cccc(C)n2)=C/C=C/C1=C/C(=C\C)C(/C=NC)=C1/CNCCCC1=C. The summed E-state index contributed by atoms with van der Waals surface area (Å²) in [7, 11) is 1.81. The maximum absolute atomic E-state index is 4.66. The number of aryl methyl sites for hydroxylation is 1. The molecule has 0 bridgehead atoms. The average Bonchev–Trinajstić information content (AvgIpc) is 3.27. The number of pyridine rings is 1. The van der Waals surface area contributed by atoms with Gasteiger partial charge in [-0.05, 0) is 84.9 Å². The molecule has 188 valence electrons. The molecule has 2 aromatic heterocycles. The Morgan fingerprint density at radius 3 is 2.81 bits per heavy atom. The predicted molar refractivity (Wildman–Crippen MR) is 156 cm³/mol. The normalized spacial score (nSPS) is 22.8. The fraction of sp³-hybridized carbons (Fsp3) is 0.219. The van der Waals surface area contributed by atoms with E-state index in [9.17, 15) is 0 Å². The molecule has 1 fully saturated rings. The van der Waals surface area contributed by atoms with Gasteiger partial charge >= 0.3 is 0 Å². The fourth-order valence-corrected chi connectivity index (χ4v) is 4.55. The Kier molecular flexibility index (Phi) is 8.60. The molecule has 5 nitrogen and oxygen atoms in total. The Labute approximate surface area is 220 Å². The third kappa shape index (κ3) is 6.19. The van der Waals surface area contributed by atoms with Crippen molar-refractivity contribution in [2.75, 3.05) is 20.1 Å². The molecule has 4 rings (SSSR count). The van der Waals surface area contributed by atoms with Crippen molar-refractivity contribution < 1.29 is 0 Å². The lowest BCUT2D eigenvalue weighted by Gasteiger charge is -2.15. The number of allylic oxidation sites excluding steroid dienone is 12. The zero-order chi connectivity index (χ0) is 26.2. The molecule has 2 aliphatic rings. The number of nitrogens with one attached hydrogen (secondary N) is 2. The largest absolute Gasteiger partial charge is 0.313 e. The van der Waals surface area contributed by atoms with Crippen LogP contribution in [0.15, 0.2) is 119 Å². The summed E-state index contributed by atoms with van der Waals surface area (Å²) >= 11 is 0. The summed E-state index contributed by atoms with van der Waals surface area (Å²) in [4.78, 5) is 9.03. The third-order valence-electron chi connectivity index (χ3n) is 6.56. The van der Waals surface area contributed by atoms with E-state index < -0.39 is 0 Å². The summed E-state index contributed by atoms with van der Waals surface area (Å²) in [6, 6.07) is 6.00. The second-order valence-corrected chi connectivity index (χ2v) is 9.17. The first-order valence-electron chi connectivity index (χ1n) is 12.7. The zero-order valence-corrected chi connectivity index (χ0v) is 22.0. The Hall–Kier alpha value is -4.09. The molecule has 0 atom stereocenters. The van der Waals surface area contributed by atoms with Crippen LogP contribution in [-0.4, -0.2) is 41.5 Å². The Morgan fingerprint density at radius 1 is 1.16 bits per heavy atom. The number of aromatic nitrogens is 3. The van der Waals surface area contributed by atoms with E-state index in [1.54, 1.807) is 0 Å². The van der Waals surface area contributed by atoms with Gasteiger partial charge in [0.1, 0.15) is 0 Å². The molecule has 2 aromatic rings. The average molecular weight is 490 g/mol. The quantitative estimate of drug-likeness (QED) is 0.462. The standard InChI is InChI=1S/C32H35N5/c1-6-25(29(19-33-5)28-20-34-17-9-10-23(28)3)18-27-13-8-12-26(16-15-22(27)2)30-21-35-37-32(30)31-14-7-11-24(4)36-31/h6-8,11-16,18-19,21,34H,2-3,9-10,17,20H2,1,4-5H3,(H,35,37)/b13-8+,16-15-,25-6+,26-12-,27-18-,29-28-,33-19?. The smallest absolute Gasteiger partial charge is 0.0912 e. The second-order valence-electron chi connectivity index (χ2n) is 9.17. The molecular weight excluding hydrogens is 454 g/mol. The van der Waals surface area contributed by atoms with E-state index in [1.807, 2.05) is 44.6 Å². The van der Waals surface area contributed by atoms with E-state index in [0.717, 1.165) is 76.4 Å². The highest BCUT2D eigenvalue weighted by Gasteiger charge is 2.16. The van der Waals surface area contributed by atoms with E-state index in [2.05, 4.69) is 88.1 Å². The lowest BCUT2D eigenvalue weighted by atomic mass is 9.91. The molecule has 0 saturated carbocycles. The van der Waals surface area contributed by atoms with E-state index >= 15 is 0 Å². The summed E-state index contributed by atoms with van der Waals surface area (Å²) < 4.78 is 0. The first kappa shape index (κ1) is 26.0. The van der Waals surface area contributed by atoms with Gasteiger partial charge in [-0.1, -0.05) is 55.7 Å². The Balaban J connectivity index is 1.69. The third-order valence-corrected chi connectivity index (χ3v) is 6.56. The topological polar surface area (TPSA) is 66.0 Å². The number of rotatable bonds is 5. The van der Waals surface area contributed by atoms with Gasteiger partial charge in [0.2, 0.25) is 0 Å². The Bertz CT molecular complexity index is 1400. The van der Waals surface area contributed by atoms with Crippen LogP contribution >= 0.6 is 0 Å². The van der Waals surface area contributed by atoms with Gasteiger partial charge in [0.15, 0.2) is 0 Å². The summed E-state index contributed by atoms with van der Waals surface area (Å²) in [6.45, 7) is 14.6. The van der Waals surface area contributed by atoms with Gasteiger partial charge in [0.05, 0.1) is 17.6 Å². The van der Waals surface area contributed by atoms with E-state index in [1.165, 1.54) is 11.1 Å². The Morgan fingerprint density at radius 2 is 2.03 bits per heavy atom.